The number of amides is 2. The van der Waals surface area contributed by atoms with Gasteiger partial charge < -0.3 is 20.4 Å². The van der Waals surface area contributed by atoms with Crippen molar-refractivity contribution in [1.82, 2.24) is 10.2 Å². The fourth-order valence-electron chi connectivity index (χ4n) is 3.01. The van der Waals surface area contributed by atoms with Crippen LogP contribution in [-0.4, -0.2) is 39.8 Å². The van der Waals surface area contributed by atoms with Gasteiger partial charge in [-0.25, -0.2) is 4.79 Å². The van der Waals surface area contributed by atoms with E-state index in [2.05, 4.69) is 5.32 Å². The average Bonchev–Trinajstić information content (AvgIpc) is 2.68. The van der Waals surface area contributed by atoms with Gasteiger partial charge >= 0.3 is 6.03 Å². The molecule has 5 nitrogen and oxygen atoms in total. The van der Waals surface area contributed by atoms with E-state index in [1.807, 2.05) is 74.5 Å². The number of carbonyl (C=O) groups is 1. The lowest BCUT2D eigenvalue weighted by Crippen LogP contribution is -2.50. The summed E-state index contributed by atoms with van der Waals surface area (Å²) in [5, 5.41) is 23.9. The summed E-state index contributed by atoms with van der Waals surface area (Å²) in [5.74, 6) is 0. The monoisotopic (exact) mass is 356 g/mol. The lowest BCUT2D eigenvalue weighted by molar-refractivity contribution is 0.0711. The third-order valence-electron chi connectivity index (χ3n) is 4.66. The molecule has 0 saturated carbocycles. The number of carbonyl (C=O) groups excluding carboxylic acids is 1. The van der Waals surface area contributed by atoms with Gasteiger partial charge in [0.2, 0.25) is 0 Å². The van der Waals surface area contributed by atoms with E-state index in [1.165, 1.54) is 0 Å². The molecule has 4 atom stereocenters. The minimum absolute atomic E-state index is 0.308. The van der Waals surface area contributed by atoms with Crippen LogP contribution in [0.5, 0.6) is 0 Å². The van der Waals surface area contributed by atoms with Crippen molar-refractivity contribution in [3.05, 3.63) is 71.8 Å². The van der Waals surface area contributed by atoms with Crippen LogP contribution in [0.25, 0.3) is 0 Å². The second-order valence-corrected chi connectivity index (χ2v) is 6.48. The molecule has 5 heteroatoms. The maximum absolute atomic E-state index is 12.7. The predicted molar refractivity (Wildman–Crippen MR) is 103 cm³/mol. The van der Waals surface area contributed by atoms with Crippen molar-refractivity contribution >= 4 is 6.03 Å². The molecule has 0 aliphatic heterocycles. The summed E-state index contributed by atoms with van der Waals surface area (Å²) in [6.45, 7) is 5.90. The van der Waals surface area contributed by atoms with Crippen LogP contribution in [0, 0.1) is 0 Å². The Kier molecular flexibility index (Phi) is 7.18. The van der Waals surface area contributed by atoms with Crippen LogP contribution in [0.1, 0.15) is 44.1 Å². The minimum atomic E-state index is -0.798. The molecule has 0 spiro atoms. The van der Waals surface area contributed by atoms with E-state index in [0.29, 0.717) is 6.54 Å². The van der Waals surface area contributed by atoms with Gasteiger partial charge in [0.1, 0.15) is 0 Å². The lowest BCUT2D eigenvalue weighted by Gasteiger charge is -2.33. The molecule has 26 heavy (non-hydrogen) atoms. The topological polar surface area (TPSA) is 72.8 Å². The summed E-state index contributed by atoms with van der Waals surface area (Å²) < 4.78 is 0. The Hall–Kier alpha value is -2.37. The summed E-state index contributed by atoms with van der Waals surface area (Å²) >= 11 is 0. The van der Waals surface area contributed by atoms with Gasteiger partial charge in [0.05, 0.1) is 24.3 Å². The van der Waals surface area contributed by atoms with Gasteiger partial charge in [-0.05, 0) is 31.9 Å². The molecule has 2 aromatic rings. The van der Waals surface area contributed by atoms with Gasteiger partial charge in [-0.15, -0.1) is 0 Å². The molecule has 0 aromatic heterocycles. The maximum atomic E-state index is 12.7. The zero-order valence-electron chi connectivity index (χ0n) is 15.5. The molecular weight excluding hydrogens is 328 g/mol. The number of hydrogen-bond donors (Lipinski definition) is 3. The van der Waals surface area contributed by atoms with Crippen molar-refractivity contribution in [2.45, 2.75) is 45.1 Å². The smallest absolute Gasteiger partial charge is 0.318 e. The largest absolute Gasteiger partial charge is 0.386 e. The van der Waals surface area contributed by atoms with Crippen molar-refractivity contribution in [3.8, 4) is 0 Å². The molecular formula is C21H28N2O3. The second-order valence-electron chi connectivity index (χ2n) is 6.48. The predicted octanol–water partition coefficient (Wildman–Crippen LogP) is 3.26. The van der Waals surface area contributed by atoms with E-state index in [4.69, 9.17) is 0 Å². The Morgan fingerprint density at radius 3 is 1.85 bits per heavy atom. The normalized spacial score (nSPS) is 15.6. The van der Waals surface area contributed by atoms with E-state index in [-0.39, 0.29) is 6.03 Å². The Balaban J connectivity index is 2.03. The number of urea groups is 1. The van der Waals surface area contributed by atoms with E-state index in [1.54, 1.807) is 11.8 Å². The van der Waals surface area contributed by atoms with Gasteiger partial charge in [0.15, 0.2) is 0 Å². The Bertz CT molecular complexity index is 678. The molecule has 3 N–H and O–H groups in total. The van der Waals surface area contributed by atoms with Crippen LogP contribution in [0.3, 0.4) is 0 Å². The molecule has 0 radical (unpaired) electrons. The van der Waals surface area contributed by atoms with Crippen LogP contribution in [-0.2, 0) is 0 Å². The van der Waals surface area contributed by atoms with Gasteiger partial charge in [0.25, 0.3) is 0 Å². The third kappa shape index (κ3) is 4.84. The molecule has 0 bridgehead atoms. The highest BCUT2D eigenvalue weighted by Gasteiger charge is 2.28. The van der Waals surface area contributed by atoms with Crippen LogP contribution in [0.15, 0.2) is 60.7 Å². The van der Waals surface area contributed by atoms with Crippen molar-refractivity contribution in [2.75, 3.05) is 6.54 Å². The van der Waals surface area contributed by atoms with Crippen LogP contribution >= 0.6 is 0 Å². The summed E-state index contributed by atoms with van der Waals surface area (Å²) in [4.78, 5) is 14.3. The standard InChI is InChI=1S/C21H28N2O3/c1-4-23(16(3)20(25)18-13-9-6-10-14-18)21(26)22-15(2)19(24)17-11-7-5-8-12-17/h5-16,19-20,24-25H,4H2,1-3H3,(H,22,26). The molecule has 140 valence electrons. The van der Waals surface area contributed by atoms with E-state index in [9.17, 15) is 15.0 Å². The third-order valence-corrected chi connectivity index (χ3v) is 4.66. The highest BCUT2D eigenvalue weighted by molar-refractivity contribution is 5.75. The summed E-state index contributed by atoms with van der Waals surface area (Å²) in [5.41, 5.74) is 1.52. The summed E-state index contributed by atoms with van der Waals surface area (Å²) in [7, 11) is 0. The number of aliphatic hydroxyl groups is 2. The SMILES string of the molecule is CCN(C(=O)NC(C)C(O)c1ccccc1)C(C)C(O)c1ccccc1. The average molecular weight is 356 g/mol. The number of benzene rings is 2. The maximum Gasteiger partial charge on any atom is 0.318 e. The first-order valence-electron chi connectivity index (χ1n) is 8.98. The van der Waals surface area contributed by atoms with E-state index < -0.39 is 24.3 Å². The van der Waals surface area contributed by atoms with E-state index >= 15 is 0 Å². The fraction of sp³-hybridized carbons (Fsp3) is 0.381. The molecule has 0 aliphatic carbocycles. The lowest BCUT2D eigenvalue weighted by atomic mass is 10.0. The fourth-order valence-corrected chi connectivity index (χ4v) is 3.01. The molecule has 2 amide bonds. The van der Waals surface area contributed by atoms with Crippen LogP contribution < -0.4 is 5.32 Å². The number of nitrogens with zero attached hydrogens (tertiary/aromatic N) is 1. The molecule has 0 saturated heterocycles. The number of aliphatic hydroxyl groups excluding tert-OH is 2. The van der Waals surface area contributed by atoms with Crippen LogP contribution in [0.4, 0.5) is 4.79 Å². The van der Waals surface area contributed by atoms with Crippen molar-refractivity contribution in [1.29, 1.82) is 0 Å². The van der Waals surface area contributed by atoms with Crippen molar-refractivity contribution < 1.29 is 15.0 Å². The Labute approximate surface area is 155 Å². The first-order valence-corrected chi connectivity index (χ1v) is 8.98. The van der Waals surface area contributed by atoms with Gasteiger partial charge in [-0.3, -0.25) is 0 Å². The number of nitrogens with one attached hydrogen (secondary N) is 1. The first kappa shape index (κ1) is 19.9. The van der Waals surface area contributed by atoms with Crippen LogP contribution in [0.2, 0.25) is 0 Å². The number of rotatable bonds is 7. The zero-order valence-corrected chi connectivity index (χ0v) is 15.5. The Morgan fingerprint density at radius 2 is 1.38 bits per heavy atom. The highest BCUT2D eigenvalue weighted by atomic mass is 16.3. The number of hydrogen-bond acceptors (Lipinski definition) is 3. The molecule has 0 aliphatic rings. The Morgan fingerprint density at radius 1 is 0.923 bits per heavy atom. The summed E-state index contributed by atoms with van der Waals surface area (Å²) in [6.07, 6.45) is -1.58. The highest BCUT2D eigenvalue weighted by Crippen LogP contribution is 2.21. The number of likely N-dealkylation sites (N-methyl/N-ethyl adjacent to an activating group) is 1. The molecule has 4 unspecified atom stereocenters. The first-order chi connectivity index (χ1) is 12.5. The zero-order chi connectivity index (χ0) is 19.1. The molecule has 0 fully saturated rings. The molecule has 2 aromatic carbocycles. The van der Waals surface area contributed by atoms with Gasteiger partial charge in [-0.1, -0.05) is 60.7 Å². The van der Waals surface area contributed by atoms with Crippen molar-refractivity contribution in [2.24, 2.45) is 0 Å². The minimum Gasteiger partial charge on any atom is -0.386 e. The summed E-state index contributed by atoms with van der Waals surface area (Å²) in [6, 6.07) is 17.4. The second kappa shape index (κ2) is 9.36. The van der Waals surface area contributed by atoms with Gasteiger partial charge in [-0.2, -0.15) is 0 Å². The molecule has 2 rings (SSSR count). The van der Waals surface area contributed by atoms with Crippen molar-refractivity contribution in [3.63, 3.8) is 0 Å². The van der Waals surface area contributed by atoms with Gasteiger partial charge in [0, 0.05) is 6.54 Å². The van der Waals surface area contributed by atoms with E-state index in [0.717, 1.165) is 11.1 Å². The molecule has 0 heterocycles. The quantitative estimate of drug-likeness (QED) is 0.713.